The number of alkyl halides is 3. The molecular weight excluding hydrogens is 474 g/mol. The number of nitrogens with one attached hydrogen (secondary N) is 2. The lowest BCUT2D eigenvalue weighted by molar-refractivity contribution is -0.138. The lowest BCUT2D eigenvalue weighted by atomic mass is 10.1. The molecule has 9 heteroatoms. The summed E-state index contributed by atoms with van der Waals surface area (Å²) in [6, 6.07) is 4.01. The lowest BCUT2D eigenvalue weighted by Gasteiger charge is -2.18. The zero-order valence-electron chi connectivity index (χ0n) is 16.2. The van der Waals surface area contributed by atoms with Crippen LogP contribution in [0.4, 0.5) is 13.2 Å². The van der Waals surface area contributed by atoms with Gasteiger partial charge in [0.25, 0.3) is 0 Å². The molecule has 0 radical (unpaired) electrons. The number of aliphatic imine (C=N–C) groups is 1. The van der Waals surface area contributed by atoms with Gasteiger partial charge in [0.1, 0.15) is 5.75 Å². The van der Waals surface area contributed by atoms with Crippen molar-refractivity contribution in [2.24, 2.45) is 4.99 Å². The highest BCUT2D eigenvalue weighted by Gasteiger charge is 2.33. The molecule has 0 heterocycles. The van der Waals surface area contributed by atoms with E-state index in [1.807, 2.05) is 6.92 Å². The topological polar surface area (TPSA) is 54.9 Å². The summed E-state index contributed by atoms with van der Waals surface area (Å²) in [7, 11) is 1.57. The third kappa shape index (κ3) is 10.0. The molecular formula is C18H29F3IN3O2. The van der Waals surface area contributed by atoms with Crippen LogP contribution < -0.4 is 15.4 Å². The Bertz CT molecular complexity index is 581. The summed E-state index contributed by atoms with van der Waals surface area (Å²) in [6.07, 6.45) is -3.87. The summed E-state index contributed by atoms with van der Waals surface area (Å²) in [4.78, 5) is 4.02. The van der Waals surface area contributed by atoms with E-state index in [0.29, 0.717) is 25.7 Å². The molecule has 1 rings (SSSR count). The summed E-state index contributed by atoms with van der Waals surface area (Å²) >= 11 is 0. The van der Waals surface area contributed by atoms with Crippen LogP contribution in [-0.2, 0) is 17.5 Å². The molecule has 2 N–H and O–H groups in total. The molecule has 0 saturated heterocycles. The molecule has 0 aliphatic carbocycles. The van der Waals surface area contributed by atoms with E-state index in [9.17, 15) is 13.2 Å². The minimum absolute atomic E-state index is 0. The van der Waals surface area contributed by atoms with Crippen LogP contribution in [-0.4, -0.2) is 38.9 Å². The molecule has 156 valence electrons. The van der Waals surface area contributed by atoms with Crippen molar-refractivity contribution in [1.29, 1.82) is 0 Å². The Morgan fingerprint density at radius 3 is 2.48 bits per heavy atom. The first-order chi connectivity index (χ1) is 12.3. The van der Waals surface area contributed by atoms with Crippen molar-refractivity contribution in [1.82, 2.24) is 10.6 Å². The number of guanidine groups is 1. The Hall–Kier alpha value is -1.23. The predicted octanol–water partition coefficient (Wildman–Crippen LogP) is 4.20. The molecule has 0 fully saturated rings. The molecule has 0 saturated carbocycles. The molecule has 0 amide bonds. The van der Waals surface area contributed by atoms with Gasteiger partial charge in [-0.3, -0.25) is 4.99 Å². The Morgan fingerprint density at radius 1 is 1.22 bits per heavy atom. The minimum Gasteiger partial charge on any atom is -0.491 e. The van der Waals surface area contributed by atoms with Crippen LogP contribution in [0.3, 0.4) is 0 Å². The van der Waals surface area contributed by atoms with Gasteiger partial charge in [0.15, 0.2) is 5.96 Å². The van der Waals surface area contributed by atoms with Gasteiger partial charge in [-0.05, 0) is 44.9 Å². The van der Waals surface area contributed by atoms with Crippen LogP contribution >= 0.6 is 24.0 Å². The van der Waals surface area contributed by atoms with Crippen LogP contribution in [0.2, 0.25) is 0 Å². The molecule has 0 unspecified atom stereocenters. The number of halogens is 4. The number of hydrogen-bond donors (Lipinski definition) is 2. The third-order valence-corrected chi connectivity index (χ3v) is 3.39. The first-order valence-electron chi connectivity index (χ1n) is 8.67. The van der Waals surface area contributed by atoms with E-state index in [1.54, 1.807) is 27.0 Å². The van der Waals surface area contributed by atoms with Crippen LogP contribution in [0.5, 0.6) is 5.75 Å². The van der Waals surface area contributed by atoms with Gasteiger partial charge in [-0.25, -0.2) is 0 Å². The van der Waals surface area contributed by atoms with Crippen LogP contribution in [0.1, 0.15) is 38.3 Å². The smallest absolute Gasteiger partial charge is 0.416 e. The van der Waals surface area contributed by atoms with Crippen molar-refractivity contribution in [2.45, 2.75) is 46.0 Å². The molecule has 0 aromatic heterocycles. The summed E-state index contributed by atoms with van der Waals surface area (Å²) < 4.78 is 50.7. The van der Waals surface area contributed by atoms with E-state index in [4.69, 9.17) is 9.47 Å². The van der Waals surface area contributed by atoms with Gasteiger partial charge in [-0.2, -0.15) is 13.2 Å². The van der Waals surface area contributed by atoms with E-state index in [0.717, 1.165) is 12.5 Å². The normalized spacial score (nSPS) is 11.9. The Labute approximate surface area is 176 Å². The van der Waals surface area contributed by atoms with E-state index in [-0.39, 0.29) is 47.9 Å². The zero-order chi connectivity index (χ0) is 19.6. The van der Waals surface area contributed by atoms with E-state index in [2.05, 4.69) is 15.6 Å². The highest BCUT2D eigenvalue weighted by Crippen LogP contribution is 2.34. The number of benzene rings is 1. The number of rotatable bonds is 9. The molecule has 0 aliphatic heterocycles. The van der Waals surface area contributed by atoms with Gasteiger partial charge >= 0.3 is 6.18 Å². The van der Waals surface area contributed by atoms with Crippen molar-refractivity contribution in [3.05, 3.63) is 29.3 Å². The van der Waals surface area contributed by atoms with Crippen molar-refractivity contribution in [3.63, 3.8) is 0 Å². The second-order valence-corrected chi connectivity index (χ2v) is 5.89. The fourth-order valence-corrected chi connectivity index (χ4v) is 2.24. The Morgan fingerprint density at radius 2 is 1.93 bits per heavy atom. The first kappa shape index (κ1) is 25.8. The highest BCUT2D eigenvalue weighted by atomic mass is 127. The molecule has 1 aromatic rings. The van der Waals surface area contributed by atoms with Gasteiger partial charge in [-0.1, -0.05) is 6.07 Å². The van der Waals surface area contributed by atoms with Crippen molar-refractivity contribution in [2.75, 3.05) is 26.8 Å². The molecule has 0 spiro atoms. The van der Waals surface area contributed by atoms with Crippen molar-refractivity contribution < 1.29 is 22.6 Å². The third-order valence-electron chi connectivity index (χ3n) is 3.39. The maximum absolute atomic E-state index is 13.4. The van der Waals surface area contributed by atoms with Gasteiger partial charge in [-0.15, -0.1) is 24.0 Å². The molecule has 27 heavy (non-hydrogen) atoms. The van der Waals surface area contributed by atoms with Gasteiger partial charge < -0.3 is 20.1 Å². The van der Waals surface area contributed by atoms with E-state index in [1.165, 1.54) is 6.07 Å². The fraction of sp³-hybridized carbons (Fsp3) is 0.611. The zero-order valence-corrected chi connectivity index (χ0v) is 18.5. The Balaban J connectivity index is 0.00000676. The van der Waals surface area contributed by atoms with Gasteiger partial charge in [0.2, 0.25) is 0 Å². The molecule has 0 atom stereocenters. The molecule has 1 aromatic carbocycles. The first-order valence-corrected chi connectivity index (χ1v) is 8.67. The van der Waals surface area contributed by atoms with Crippen LogP contribution in [0, 0.1) is 0 Å². The molecule has 5 nitrogen and oxygen atoms in total. The second-order valence-electron chi connectivity index (χ2n) is 5.89. The molecule has 0 bridgehead atoms. The largest absolute Gasteiger partial charge is 0.491 e. The van der Waals surface area contributed by atoms with E-state index < -0.39 is 11.7 Å². The molecule has 0 aliphatic rings. The predicted molar refractivity (Wildman–Crippen MR) is 112 cm³/mol. The van der Waals surface area contributed by atoms with Crippen molar-refractivity contribution in [3.8, 4) is 5.75 Å². The SMILES string of the molecule is CCOCCCNC(=NC)NCc1ccc(OC(C)C)cc1C(F)(F)F.I. The van der Waals surface area contributed by atoms with Crippen LogP contribution in [0.25, 0.3) is 0 Å². The second kappa shape index (κ2) is 13.0. The highest BCUT2D eigenvalue weighted by molar-refractivity contribution is 14.0. The van der Waals surface area contributed by atoms with Crippen LogP contribution in [0.15, 0.2) is 23.2 Å². The lowest BCUT2D eigenvalue weighted by Crippen LogP contribution is -2.38. The van der Waals surface area contributed by atoms with Crippen molar-refractivity contribution >= 4 is 29.9 Å². The standard InChI is InChI=1S/C18H28F3N3O2.HI/c1-5-25-10-6-9-23-17(22-4)24-12-14-7-8-15(26-13(2)3)11-16(14)18(19,20)21;/h7-8,11,13H,5-6,9-10,12H2,1-4H3,(H2,22,23,24);1H. The summed E-state index contributed by atoms with van der Waals surface area (Å²) in [5, 5.41) is 5.95. The van der Waals surface area contributed by atoms with Gasteiger partial charge in [0.05, 0.1) is 11.7 Å². The quantitative estimate of drug-likeness (QED) is 0.230. The maximum Gasteiger partial charge on any atom is 0.416 e. The summed E-state index contributed by atoms with van der Waals surface area (Å²) in [5.74, 6) is 0.645. The van der Waals surface area contributed by atoms with E-state index >= 15 is 0 Å². The van der Waals surface area contributed by atoms with Gasteiger partial charge in [0, 0.05) is 33.4 Å². The average molecular weight is 503 g/mol. The maximum atomic E-state index is 13.4. The number of nitrogens with zero attached hydrogens (tertiary/aromatic N) is 1. The minimum atomic E-state index is -4.46. The fourth-order valence-electron chi connectivity index (χ4n) is 2.24. The number of hydrogen-bond acceptors (Lipinski definition) is 3. The monoisotopic (exact) mass is 503 g/mol. The summed E-state index contributed by atoms with van der Waals surface area (Å²) in [5.41, 5.74) is -0.583. The average Bonchev–Trinajstić information content (AvgIpc) is 2.56. The summed E-state index contributed by atoms with van der Waals surface area (Å²) in [6.45, 7) is 7.35. The Kier molecular flexibility index (Phi) is 12.4. The number of ether oxygens (including phenoxy) is 2.